The molecule has 4 rings (SSSR count). The SMILES string of the molecule is Cc1ccc(N=Cc2cc(Br)c(OCc3cccc4ccccc34)c(Br)c2)cc1Cl. The highest BCUT2D eigenvalue weighted by molar-refractivity contribution is 9.11. The number of fused-ring (bicyclic) bond motifs is 1. The molecule has 2 nitrogen and oxygen atoms in total. The van der Waals surface area contributed by atoms with Gasteiger partial charge in [-0.25, -0.2) is 0 Å². The van der Waals surface area contributed by atoms with Gasteiger partial charge in [0, 0.05) is 11.2 Å². The van der Waals surface area contributed by atoms with Crippen molar-refractivity contribution in [2.24, 2.45) is 4.99 Å². The standard InChI is InChI=1S/C25H18Br2ClNO/c1-16-9-10-20(13-24(16)28)29-14-17-11-22(26)25(23(27)12-17)30-15-19-7-4-6-18-5-2-3-8-21(18)19/h2-14H,15H2,1H3. The Hall–Kier alpha value is -2.14. The van der Waals surface area contributed by atoms with E-state index in [4.69, 9.17) is 16.3 Å². The predicted octanol–water partition coefficient (Wildman–Crippen LogP) is 8.66. The van der Waals surface area contributed by atoms with Gasteiger partial charge in [-0.05, 0) is 90.5 Å². The van der Waals surface area contributed by atoms with Gasteiger partial charge in [-0.2, -0.15) is 0 Å². The van der Waals surface area contributed by atoms with Gasteiger partial charge in [0.1, 0.15) is 12.4 Å². The average molecular weight is 544 g/mol. The molecule has 0 atom stereocenters. The first-order valence-corrected chi connectivity index (χ1v) is 11.4. The molecule has 30 heavy (non-hydrogen) atoms. The van der Waals surface area contributed by atoms with Crippen LogP contribution < -0.4 is 4.74 Å². The second-order valence-electron chi connectivity index (χ2n) is 6.93. The Kier molecular flexibility index (Phi) is 6.57. The van der Waals surface area contributed by atoms with E-state index in [9.17, 15) is 0 Å². The molecule has 0 aliphatic carbocycles. The predicted molar refractivity (Wildman–Crippen MR) is 134 cm³/mol. The number of aliphatic imine (C=N–C) groups is 1. The van der Waals surface area contributed by atoms with Gasteiger partial charge in [-0.1, -0.05) is 60.1 Å². The van der Waals surface area contributed by atoms with Crippen molar-refractivity contribution in [2.75, 3.05) is 0 Å². The summed E-state index contributed by atoms with van der Waals surface area (Å²) in [5, 5.41) is 3.12. The zero-order valence-corrected chi connectivity index (χ0v) is 20.1. The Morgan fingerprint density at radius 3 is 2.43 bits per heavy atom. The summed E-state index contributed by atoms with van der Waals surface area (Å²) >= 11 is 13.4. The molecule has 0 saturated carbocycles. The van der Waals surface area contributed by atoms with E-state index < -0.39 is 0 Å². The molecule has 0 amide bonds. The summed E-state index contributed by atoms with van der Waals surface area (Å²) in [6.07, 6.45) is 1.81. The number of hydrogen-bond acceptors (Lipinski definition) is 2. The highest BCUT2D eigenvalue weighted by Gasteiger charge is 2.10. The minimum Gasteiger partial charge on any atom is -0.487 e. The number of rotatable bonds is 5. The van der Waals surface area contributed by atoms with Gasteiger partial charge in [0.2, 0.25) is 0 Å². The van der Waals surface area contributed by atoms with Crippen LogP contribution in [0.4, 0.5) is 5.69 Å². The third-order valence-corrected chi connectivity index (χ3v) is 6.38. The van der Waals surface area contributed by atoms with Crippen LogP contribution in [-0.4, -0.2) is 6.21 Å². The van der Waals surface area contributed by atoms with Crippen LogP contribution in [0.15, 0.2) is 86.7 Å². The highest BCUT2D eigenvalue weighted by Crippen LogP contribution is 2.35. The zero-order chi connectivity index (χ0) is 21.1. The van der Waals surface area contributed by atoms with Gasteiger partial charge in [0.05, 0.1) is 14.6 Å². The maximum absolute atomic E-state index is 6.18. The van der Waals surface area contributed by atoms with E-state index in [1.54, 1.807) is 0 Å². The average Bonchev–Trinajstić information content (AvgIpc) is 2.74. The van der Waals surface area contributed by atoms with Gasteiger partial charge in [-0.15, -0.1) is 0 Å². The topological polar surface area (TPSA) is 21.6 Å². The van der Waals surface area contributed by atoms with Crippen LogP contribution in [0.1, 0.15) is 16.7 Å². The zero-order valence-electron chi connectivity index (χ0n) is 16.2. The summed E-state index contributed by atoms with van der Waals surface area (Å²) in [5.74, 6) is 0.762. The molecule has 0 aromatic heterocycles. The van der Waals surface area contributed by atoms with E-state index in [0.29, 0.717) is 11.6 Å². The molecule has 0 unspecified atom stereocenters. The summed E-state index contributed by atoms with van der Waals surface area (Å²) in [7, 11) is 0. The smallest absolute Gasteiger partial charge is 0.148 e. The molecule has 4 aromatic rings. The van der Waals surface area contributed by atoms with Gasteiger partial charge >= 0.3 is 0 Å². The Morgan fingerprint density at radius 2 is 1.67 bits per heavy atom. The van der Waals surface area contributed by atoms with Crippen molar-refractivity contribution in [3.63, 3.8) is 0 Å². The minimum atomic E-state index is 0.480. The largest absolute Gasteiger partial charge is 0.487 e. The van der Waals surface area contributed by atoms with Crippen LogP contribution in [-0.2, 0) is 6.61 Å². The molecule has 0 N–H and O–H groups in total. The second kappa shape index (κ2) is 9.34. The first-order chi connectivity index (χ1) is 14.5. The number of halogens is 3. The van der Waals surface area contributed by atoms with Crippen LogP contribution in [0, 0.1) is 6.92 Å². The molecule has 0 aliphatic heterocycles. The van der Waals surface area contributed by atoms with Crippen molar-refractivity contribution in [1.82, 2.24) is 0 Å². The van der Waals surface area contributed by atoms with E-state index in [-0.39, 0.29) is 0 Å². The fourth-order valence-electron chi connectivity index (χ4n) is 3.17. The van der Waals surface area contributed by atoms with E-state index in [1.807, 2.05) is 55.6 Å². The van der Waals surface area contributed by atoms with Crippen molar-refractivity contribution < 1.29 is 4.74 Å². The molecule has 0 bridgehead atoms. The number of ether oxygens (including phenoxy) is 1. The van der Waals surface area contributed by atoms with E-state index in [1.165, 1.54) is 10.8 Å². The normalized spacial score (nSPS) is 11.3. The third-order valence-electron chi connectivity index (χ3n) is 4.79. The summed E-state index contributed by atoms with van der Waals surface area (Å²) in [6, 6.07) is 24.3. The molecule has 4 aromatic carbocycles. The number of nitrogens with zero attached hydrogens (tertiary/aromatic N) is 1. The molecule has 150 valence electrons. The molecular weight excluding hydrogens is 526 g/mol. The lowest BCUT2D eigenvalue weighted by Crippen LogP contribution is -1.98. The molecular formula is C25H18Br2ClNO. The van der Waals surface area contributed by atoms with Gasteiger partial charge in [-0.3, -0.25) is 4.99 Å². The molecule has 0 heterocycles. The Morgan fingerprint density at radius 1 is 0.933 bits per heavy atom. The summed E-state index contributed by atoms with van der Waals surface area (Å²) < 4.78 is 7.88. The first-order valence-electron chi connectivity index (χ1n) is 9.40. The highest BCUT2D eigenvalue weighted by atomic mass is 79.9. The lowest BCUT2D eigenvalue weighted by atomic mass is 10.1. The van der Waals surface area contributed by atoms with Crippen molar-refractivity contribution in [3.8, 4) is 5.75 Å². The van der Waals surface area contributed by atoms with E-state index >= 15 is 0 Å². The van der Waals surface area contributed by atoms with Crippen molar-refractivity contribution >= 4 is 66.1 Å². The Balaban J connectivity index is 1.54. The van der Waals surface area contributed by atoms with Gasteiger partial charge in [0.15, 0.2) is 0 Å². The maximum atomic E-state index is 6.18. The fraction of sp³-hybridized carbons (Fsp3) is 0.0800. The molecule has 5 heteroatoms. The van der Waals surface area contributed by atoms with Crippen molar-refractivity contribution in [1.29, 1.82) is 0 Å². The summed E-state index contributed by atoms with van der Waals surface area (Å²) in [5.41, 5.74) is 3.94. The Labute approximate surface area is 197 Å². The first kappa shape index (κ1) is 21.1. The second-order valence-corrected chi connectivity index (χ2v) is 9.05. The molecule has 0 aliphatic rings. The summed E-state index contributed by atoms with van der Waals surface area (Å²) in [6.45, 7) is 2.45. The van der Waals surface area contributed by atoms with Crippen molar-refractivity contribution in [3.05, 3.63) is 103 Å². The number of aryl methyl sites for hydroxylation is 1. The van der Waals surface area contributed by atoms with Crippen LogP contribution in [0.25, 0.3) is 10.8 Å². The lowest BCUT2D eigenvalue weighted by Gasteiger charge is -2.13. The Bertz CT molecular complexity index is 1220. The maximum Gasteiger partial charge on any atom is 0.148 e. The number of hydrogen-bond donors (Lipinski definition) is 0. The molecule has 0 fully saturated rings. The molecule has 0 spiro atoms. The third kappa shape index (κ3) is 4.77. The molecule has 0 saturated heterocycles. The minimum absolute atomic E-state index is 0.480. The van der Waals surface area contributed by atoms with Crippen LogP contribution in [0.2, 0.25) is 5.02 Å². The fourth-order valence-corrected chi connectivity index (χ4v) is 4.80. The lowest BCUT2D eigenvalue weighted by molar-refractivity contribution is 0.303. The number of benzene rings is 4. The van der Waals surface area contributed by atoms with E-state index in [2.05, 4.69) is 67.2 Å². The van der Waals surface area contributed by atoms with Crippen LogP contribution in [0.3, 0.4) is 0 Å². The quantitative estimate of drug-likeness (QED) is 0.231. The van der Waals surface area contributed by atoms with Gasteiger partial charge < -0.3 is 4.74 Å². The molecule has 0 radical (unpaired) electrons. The van der Waals surface area contributed by atoms with Crippen molar-refractivity contribution in [2.45, 2.75) is 13.5 Å². The van der Waals surface area contributed by atoms with Crippen LogP contribution in [0.5, 0.6) is 5.75 Å². The monoisotopic (exact) mass is 541 g/mol. The van der Waals surface area contributed by atoms with Gasteiger partial charge in [0.25, 0.3) is 0 Å². The van der Waals surface area contributed by atoms with E-state index in [0.717, 1.165) is 37.1 Å². The van der Waals surface area contributed by atoms with Crippen LogP contribution >= 0.6 is 43.5 Å². The summed E-state index contributed by atoms with van der Waals surface area (Å²) in [4.78, 5) is 4.53.